The quantitative estimate of drug-likeness (QED) is 0.594. The first-order valence-corrected chi connectivity index (χ1v) is 10.7. The number of nitrogens with zero attached hydrogens (tertiary/aromatic N) is 5. The maximum absolute atomic E-state index is 12.0. The van der Waals surface area contributed by atoms with Crippen LogP contribution in [0.4, 0.5) is 5.69 Å². The minimum atomic E-state index is 0.0620. The number of unbranched alkanes of at least 4 members (excludes halogenated alkanes) is 2. The molecule has 0 atom stereocenters. The molecule has 0 spiro atoms. The summed E-state index contributed by atoms with van der Waals surface area (Å²) in [5.41, 5.74) is 3.63. The highest BCUT2D eigenvalue weighted by Crippen LogP contribution is 2.28. The van der Waals surface area contributed by atoms with Crippen molar-refractivity contribution in [2.75, 3.05) is 11.1 Å². The fourth-order valence-electron chi connectivity index (χ4n) is 3.05. The first kappa shape index (κ1) is 19.3. The normalized spacial score (nSPS) is 12.9. The summed E-state index contributed by atoms with van der Waals surface area (Å²) < 4.78 is 1.77. The molecule has 1 aliphatic heterocycles. The number of aromatic nitrogens is 4. The third-order valence-corrected chi connectivity index (χ3v) is 5.53. The molecule has 148 valence electrons. The van der Waals surface area contributed by atoms with Gasteiger partial charge in [-0.3, -0.25) is 9.78 Å². The standard InChI is InChI=1S/C21H22N6OS/c1-2-3-4-7-19(28)23-17-10-8-15(9-11-17)18-14-29-21-25-24-20(27(21)26-18)16-6-5-12-22-13-16/h5-6,8-13H,2-4,7,14H2,1H3,(H,23,28). The molecule has 0 radical (unpaired) electrons. The molecule has 3 heterocycles. The van der Waals surface area contributed by atoms with Gasteiger partial charge in [0, 0.05) is 35.8 Å². The van der Waals surface area contributed by atoms with E-state index in [2.05, 4.69) is 27.4 Å². The largest absolute Gasteiger partial charge is 0.326 e. The van der Waals surface area contributed by atoms with Crippen LogP contribution in [0.15, 0.2) is 59.0 Å². The SMILES string of the molecule is CCCCCC(=O)Nc1ccc(C2=Nn3c(nnc3-c3cccnc3)SC2)cc1. The average Bonchev–Trinajstić information content (AvgIpc) is 3.18. The van der Waals surface area contributed by atoms with Gasteiger partial charge in [-0.05, 0) is 36.2 Å². The van der Waals surface area contributed by atoms with E-state index in [0.717, 1.165) is 46.9 Å². The Morgan fingerprint density at radius 2 is 2.00 bits per heavy atom. The minimum absolute atomic E-state index is 0.0620. The van der Waals surface area contributed by atoms with Crippen LogP contribution in [0.3, 0.4) is 0 Å². The number of carbonyl (C=O) groups is 1. The molecular formula is C21H22N6OS. The molecule has 1 N–H and O–H groups in total. The molecular weight excluding hydrogens is 384 g/mol. The first-order valence-electron chi connectivity index (χ1n) is 9.71. The molecule has 0 bridgehead atoms. The van der Waals surface area contributed by atoms with E-state index >= 15 is 0 Å². The summed E-state index contributed by atoms with van der Waals surface area (Å²) in [6.07, 6.45) is 7.16. The molecule has 2 aromatic heterocycles. The molecule has 7 nitrogen and oxygen atoms in total. The topological polar surface area (TPSA) is 85.1 Å². The smallest absolute Gasteiger partial charge is 0.224 e. The van der Waals surface area contributed by atoms with Crippen LogP contribution in [0.1, 0.15) is 38.2 Å². The highest BCUT2D eigenvalue weighted by molar-refractivity contribution is 7.99. The summed E-state index contributed by atoms with van der Waals surface area (Å²) in [6, 6.07) is 11.6. The van der Waals surface area contributed by atoms with Crippen molar-refractivity contribution in [2.24, 2.45) is 5.10 Å². The average molecular weight is 407 g/mol. The lowest BCUT2D eigenvalue weighted by atomic mass is 10.1. The van der Waals surface area contributed by atoms with Crippen molar-refractivity contribution in [3.8, 4) is 11.4 Å². The van der Waals surface area contributed by atoms with Gasteiger partial charge in [-0.2, -0.15) is 9.78 Å². The Bertz CT molecular complexity index is 1010. The molecule has 1 amide bonds. The fourth-order valence-corrected chi connectivity index (χ4v) is 3.89. The van der Waals surface area contributed by atoms with Gasteiger partial charge in [-0.15, -0.1) is 10.2 Å². The van der Waals surface area contributed by atoms with Gasteiger partial charge in [0.1, 0.15) is 0 Å². The van der Waals surface area contributed by atoms with Gasteiger partial charge < -0.3 is 5.32 Å². The van der Waals surface area contributed by atoms with Gasteiger partial charge in [-0.1, -0.05) is 43.7 Å². The van der Waals surface area contributed by atoms with Gasteiger partial charge >= 0.3 is 0 Å². The molecule has 0 aliphatic carbocycles. The number of amides is 1. The van der Waals surface area contributed by atoms with Crippen molar-refractivity contribution in [1.82, 2.24) is 19.9 Å². The van der Waals surface area contributed by atoms with Crippen molar-refractivity contribution in [1.29, 1.82) is 0 Å². The molecule has 0 saturated carbocycles. The number of hydrogen-bond donors (Lipinski definition) is 1. The maximum Gasteiger partial charge on any atom is 0.224 e. The molecule has 29 heavy (non-hydrogen) atoms. The summed E-state index contributed by atoms with van der Waals surface area (Å²) in [5, 5.41) is 17.0. The van der Waals surface area contributed by atoms with E-state index in [4.69, 9.17) is 5.10 Å². The highest BCUT2D eigenvalue weighted by Gasteiger charge is 2.20. The summed E-state index contributed by atoms with van der Waals surface area (Å²) in [5.74, 6) is 1.45. The summed E-state index contributed by atoms with van der Waals surface area (Å²) in [4.78, 5) is 16.1. The van der Waals surface area contributed by atoms with E-state index < -0.39 is 0 Å². The Balaban J connectivity index is 1.50. The number of hydrogen-bond acceptors (Lipinski definition) is 6. The van der Waals surface area contributed by atoms with Crippen molar-refractivity contribution in [3.05, 3.63) is 54.4 Å². The van der Waals surface area contributed by atoms with Crippen molar-refractivity contribution in [2.45, 2.75) is 37.8 Å². The molecule has 8 heteroatoms. The van der Waals surface area contributed by atoms with Crippen LogP contribution in [-0.4, -0.2) is 37.2 Å². The Morgan fingerprint density at radius 3 is 2.76 bits per heavy atom. The van der Waals surface area contributed by atoms with Crippen LogP contribution < -0.4 is 5.32 Å². The predicted octanol–water partition coefficient (Wildman–Crippen LogP) is 4.22. The Hall–Kier alpha value is -3.00. The third kappa shape index (κ3) is 4.54. The van der Waals surface area contributed by atoms with Crippen LogP contribution in [0.25, 0.3) is 11.4 Å². The number of benzene rings is 1. The fraction of sp³-hybridized carbons (Fsp3) is 0.286. The van der Waals surface area contributed by atoms with E-state index in [0.29, 0.717) is 18.0 Å². The second-order valence-corrected chi connectivity index (χ2v) is 7.72. The summed E-state index contributed by atoms with van der Waals surface area (Å²) in [7, 11) is 0. The number of thioether (sulfide) groups is 1. The number of nitrogens with one attached hydrogen (secondary N) is 1. The third-order valence-electron chi connectivity index (χ3n) is 4.60. The van der Waals surface area contributed by atoms with Crippen LogP contribution >= 0.6 is 11.8 Å². The molecule has 1 aromatic carbocycles. The number of fused-ring (bicyclic) bond motifs is 1. The molecule has 4 rings (SSSR count). The van der Waals surface area contributed by atoms with Crippen LogP contribution in [-0.2, 0) is 4.79 Å². The van der Waals surface area contributed by atoms with E-state index in [9.17, 15) is 4.79 Å². The van der Waals surface area contributed by atoms with Crippen molar-refractivity contribution in [3.63, 3.8) is 0 Å². The van der Waals surface area contributed by atoms with E-state index in [1.807, 2.05) is 36.4 Å². The zero-order chi connectivity index (χ0) is 20.1. The molecule has 0 fully saturated rings. The number of pyridine rings is 1. The Kier molecular flexibility index (Phi) is 6.00. The van der Waals surface area contributed by atoms with E-state index in [1.165, 1.54) is 0 Å². The lowest BCUT2D eigenvalue weighted by Gasteiger charge is -2.14. The summed E-state index contributed by atoms with van der Waals surface area (Å²) >= 11 is 1.60. The zero-order valence-corrected chi connectivity index (χ0v) is 17.0. The molecule has 3 aromatic rings. The van der Waals surface area contributed by atoms with E-state index in [-0.39, 0.29) is 5.91 Å². The van der Waals surface area contributed by atoms with Crippen molar-refractivity contribution >= 4 is 29.1 Å². The predicted molar refractivity (Wildman–Crippen MR) is 115 cm³/mol. The molecule has 0 saturated heterocycles. The van der Waals surface area contributed by atoms with Gasteiger partial charge in [0.05, 0.1) is 5.71 Å². The van der Waals surface area contributed by atoms with E-state index in [1.54, 1.807) is 28.8 Å². The van der Waals surface area contributed by atoms with Crippen LogP contribution in [0, 0.1) is 0 Å². The Labute approximate surface area is 173 Å². The number of rotatable bonds is 7. The maximum atomic E-state index is 12.0. The van der Waals surface area contributed by atoms with Gasteiger partial charge in [0.15, 0.2) is 5.82 Å². The molecule has 1 aliphatic rings. The van der Waals surface area contributed by atoms with Gasteiger partial charge in [-0.25, -0.2) is 0 Å². The number of anilines is 1. The van der Waals surface area contributed by atoms with Crippen LogP contribution in [0.5, 0.6) is 0 Å². The highest BCUT2D eigenvalue weighted by atomic mass is 32.2. The van der Waals surface area contributed by atoms with Crippen molar-refractivity contribution < 1.29 is 4.79 Å². The summed E-state index contributed by atoms with van der Waals surface area (Å²) in [6.45, 7) is 2.13. The van der Waals surface area contributed by atoms with Gasteiger partial charge in [0.2, 0.25) is 11.1 Å². The van der Waals surface area contributed by atoms with Gasteiger partial charge in [0.25, 0.3) is 0 Å². The Morgan fingerprint density at radius 1 is 1.14 bits per heavy atom. The monoisotopic (exact) mass is 406 g/mol. The second-order valence-electron chi connectivity index (χ2n) is 6.78. The first-order chi connectivity index (χ1) is 14.2. The minimum Gasteiger partial charge on any atom is -0.326 e. The zero-order valence-electron chi connectivity index (χ0n) is 16.2. The molecule has 0 unspecified atom stereocenters. The second kappa shape index (κ2) is 9.00. The lowest BCUT2D eigenvalue weighted by molar-refractivity contribution is -0.116. The lowest BCUT2D eigenvalue weighted by Crippen LogP contribution is -2.14. The van der Waals surface area contributed by atoms with Crippen LogP contribution in [0.2, 0.25) is 0 Å². The number of carbonyl (C=O) groups excluding carboxylic acids is 1.